The third-order valence-corrected chi connectivity index (χ3v) is 6.65. The van der Waals surface area contributed by atoms with E-state index in [0.29, 0.717) is 6.42 Å². The van der Waals surface area contributed by atoms with Crippen LogP contribution in [0.5, 0.6) is 0 Å². The van der Waals surface area contributed by atoms with Gasteiger partial charge < -0.3 is 25.6 Å². The van der Waals surface area contributed by atoms with E-state index in [9.17, 15) is 14.4 Å². The van der Waals surface area contributed by atoms with Crippen LogP contribution in [0.15, 0.2) is 48.5 Å². The molecule has 4 rings (SSSR count). The molecule has 2 aromatic carbocycles. The van der Waals surface area contributed by atoms with Gasteiger partial charge in [-0.2, -0.15) is 0 Å². The lowest BCUT2D eigenvalue weighted by Gasteiger charge is -2.21. The predicted molar refractivity (Wildman–Crippen MR) is 121 cm³/mol. The first-order valence-electron chi connectivity index (χ1n) is 11.2. The van der Waals surface area contributed by atoms with E-state index in [-0.39, 0.29) is 25.0 Å². The Hall–Kier alpha value is -3.39. The molecule has 2 amide bonds. The first-order chi connectivity index (χ1) is 16.0. The van der Waals surface area contributed by atoms with Gasteiger partial charge in [-0.1, -0.05) is 55.0 Å². The number of aliphatic hydroxyl groups is 1. The molecule has 33 heavy (non-hydrogen) atoms. The molecule has 2 aliphatic carbocycles. The standard InChI is InChI=1S/C25H28N2O6/c28-13-22(24(30)31)27-23(29)16-11-5-6-15(16)12-26-25(32)33-14-21-19-9-3-1-7-17(19)18-8-2-4-10-20(18)21/h1-4,7-10,15-16,21-22,28H,5-6,11-14H2,(H,26,32)(H,27,29)(H,30,31)/t15-,16-,22+/m1/s1. The number of nitrogens with one attached hydrogen (secondary N) is 2. The van der Waals surface area contributed by atoms with Crippen LogP contribution in [0.25, 0.3) is 11.1 Å². The van der Waals surface area contributed by atoms with Crippen molar-refractivity contribution >= 4 is 18.0 Å². The number of fused-ring (bicyclic) bond motifs is 3. The highest BCUT2D eigenvalue weighted by atomic mass is 16.5. The van der Waals surface area contributed by atoms with E-state index < -0.39 is 36.5 Å². The Morgan fingerprint density at radius 2 is 1.64 bits per heavy atom. The number of hydrogen-bond donors (Lipinski definition) is 4. The second kappa shape index (κ2) is 10.0. The number of alkyl carbamates (subject to hydrolysis) is 1. The van der Waals surface area contributed by atoms with Crippen LogP contribution in [0.2, 0.25) is 0 Å². The second-order valence-corrected chi connectivity index (χ2v) is 8.59. The number of hydrogen-bond acceptors (Lipinski definition) is 5. The van der Waals surface area contributed by atoms with Crippen LogP contribution in [0.4, 0.5) is 4.79 Å². The molecule has 0 bridgehead atoms. The molecule has 0 saturated heterocycles. The number of amides is 2. The molecule has 0 radical (unpaired) electrons. The van der Waals surface area contributed by atoms with Crippen LogP contribution in [0.3, 0.4) is 0 Å². The molecule has 0 spiro atoms. The highest BCUT2D eigenvalue weighted by Crippen LogP contribution is 2.44. The van der Waals surface area contributed by atoms with E-state index >= 15 is 0 Å². The Morgan fingerprint density at radius 3 is 2.24 bits per heavy atom. The van der Waals surface area contributed by atoms with Gasteiger partial charge in [0.2, 0.25) is 5.91 Å². The number of carbonyl (C=O) groups excluding carboxylic acids is 2. The van der Waals surface area contributed by atoms with Crippen molar-refractivity contribution in [2.75, 3.05) is 19.8 Å². The summed E-state index contributed by atoms with van der Waals surface area (Å²) < 4.78 is 5.55. The molecule has 0 aliphatic heterocycles. The molecule has 4 N–H and O–H groups in total. The zero-order valence-electron chi connectivity index (χ0n) is 18.2. The fraction of sp³-hybridized carbons (Fsp3) is 0.400. The van der Waals surface area contributed by atoms with Crippen LogP contribution >= 0.6 is 0 Å². The predicted octanol–water partition coefficient (Wildman–Crippen LogP) is 2.50. The highest BCUT2D eigenvalue weighted by Gasteiger charge is 2.35. The Bertz CT molecular complexity index is 994. The molecule has 8 nitrogen and oxygen atoms in total. The van der Waals surface area contributed by atoms with Gasteiger partial charge in [0, 0.05) is 18.4 Å². The molecule has 1 saturated carbocycles. The molecule has 0 unspecified atom stereocenters. The molecular weight excluding hydrogens is 424 g/mol. The minimum Gasteiger partial charge on any atom is -0.480 e. The Labute approximate surface area is 192 Å². The molecule has 0 aromatic heterocycles. The van der Waals surface area contributed by atoms with Crippen molar-refractivity contribution in [1.29, 1.82) is 0 Å². The van der Waals surface area contributed by atoms with Crippen molar-refractivity contribution in [3.63, 3.8) is 0 Å². The molecule has 3 atom stereocenters. The van der Waals surface area contributed by atoms with Crippen molar-refractivity contribution in [1.82, 2.24) is 10.6 Å². The lowest BCUT2D eigenvalue weighted by Crippen LogP contribution is -2.47. The summed E-state index contributed by atoms with van der Waals surface area (Å²) >= 11 is 0. The topological polar surface area (TPSA) is 125 Å². The highest BCUT2D eigenvalue weighted by molar-refractivity contribution is 5.85. The van der Waals surface area contributed by atoms with E-state index in [0.717, 1.165) is 35.1 Å². The summed E-state index contributed by atoms with van der Waals surface area (Å²) in [6.07, 6.45) is 1.63. The molecule has 1 fully saturated rings. The lowest BCUT2D eigenvalue weighted by molar-refractivity contribution is -0.143. The smallest absolute Gasteiger partial charge is 0.407 e. The molecule has 2 aromatic rings. The van der Waals surface area contributed by atoms with E-state index in [1.807, 2.05) is 24.3 Å². The average Bonchev–Trinajstić information content (AvgIpc) is 3.42. The zero-order valence-corrected chi connectivity index (χ0v) is 18.2. The number of rotatable bonds is 8. The van der Waals surface area contributed by atoms with Crippen LogP contribution in [-0.2, 0) is 14.3 Å². The number of carboxylic acid groups (broad SMARTS) is 1. The summed E-state index contributed by atoms with van der Waals surface area (Å²) in [5.41, 5.74) is 4.58. The van der Waals surface area contributed by atoms with Gasteiger partial charge in [-0.3, -0.25) is 4.79 Å². The van der Waals surface area contributed by atoms with Crippen LogP contribution in [-0.4, -0.2) is 54.0 Å². The second-order valence-electron chi connectivity index (χ2n) is 8.59. The van der Waals surface area contributed by atoms with Crippen LogP contribution in [0.1, 0.15) is 36.3 Å². The maximum atomic E-state index is 12.5. The van der Waals surface area contributed by atoms with Crippen molar-refractivity contribution in [2.45, 2.75) is 31.2 Å². The molecule has 8 heteroatoms. The minimum atomic E-state index is -1.33. The van der Waals surface area contributed by atoms with Crippen molar-refractivity contribution in [3.8, 4) is 11.1 Å². The van der Waals surface area contributed by atoms with Gasteiger partial charge in [0.05, 0.1) is 6.61 Å². The lowest BCUT2D eigenvalue weighted by atomic mass is 9.95. The number of carboxylic acids is 1. The van der Waals surface area contributed by atoms with Gasteiger partial charge in [0.1, 0.15) is 12.6 Å². The maximum Gasteiger partial charge on any atom is 0.407 e. The summed E-state index contributed by atoms with van der Waals surface area (Å²) in [6.45, 7) is -0.187. The quantitative estimate of drug-likeness (QED) is 0.488. The van der Waals surface area contributed by atoms with Crippen LogP contribution in [0, 0.1) is 11.8 Å². The number of aliphatic hydroxyl groups excluding tert-OH is 1. The SMILES string of the molecule is O=C(NC[C@H]1CCC[C@H]1C(=O)N[C@@H](CO)C(=O)O)OCC1c2ccccc2-c2ccccc21. The van der Waals surface area contributed by atoms with Crippen molar-refractivity contribution in [3.05, 3.63) is 59.7 Å². The number of ether oxygens (including phenoxy) is 1. The van der Waals surface area contributed by atoms with Crippen molar-refractivity contribution in [2.24, 2.45) is 11.8 Å². The largest absolute Gasteiger partial charge is 0.480 e. The maximum absolute atomic E-state index is 12.5. The van der Waals surface area contributed by atoms with E-state index in [1.54, 1.807) is 0 Å². The Balaban J connectivity index is 1.31. The van der Waals surface area contributed by atoms with E-state index in [2.05, 4.69) is 34.9 Å². The molecular formula is C25H28N2O6. The van der Waals surface area contributed by atoms with Crippen molar-refractivity contribution < 1.29 is 29.3 Å². The summed E-state index contributed by atoms with van der Waals surface area (Å²) in [6, 6.07) is 14.9. The molecule has 174 valence electrons. The molecule has 0 heterocycles. The average molecular weight is 453 g/mol. The van der Waals surface area contributed by atoms with E-state index in [4.69, 9.17) is 14.9 Å². The first-order valence-corrected chi connectivity index (χ1v) is 11.2. The van der Waals surface area contributed by atoms with E-state index in [1.165, 1.54) is 0 Å². The normalized spacial score (nSPS) is 19.9. The fourth-order valence-corrected chi connectivity index (χ4v) is 4.95. The molecule has 2 aliphatic rings. The number of carbonyl (C=O) groups is 3. The summed E-state index contributed by atoms with van der Waals surface area (Å²) in [5.74, 6) is -2.24. The first kappa shape index (κ1) is 22.8. The fourth-order valence-electron chi connectivity index (χ4n) is 4.95. The Morgan fingerprint density at radius 1 is 1.00 bits per heavy atom. The van der Waals surface area contributed by atoms with Gasteiger partial charge in [-0.15, -0.1) is 0 Å². The third-order valence-electron chi connectivity index (χ3n) is 6.65. The van der Waals surface area contributed by atoms with Gasteiger partial charge in [0.25, 0.3) is 0 Å². The summed E-state index contributed by atoms with van der Waals surface area (Å²) in [4.78, 5) is 36.0. The van der Waals surface area contributed by atoms with Gasteiger partial charge in [-0.25, -0.2) is 9.59 Å². The monoisotopic (exact) mass is 452 g/mol. The summed E-state index contributed by atoms with van der Waals surface area (Å²) in [5, 5.41) is 23.3. The van der Waals surface area contributed by atoms with Crippen LogP contribution < -0.4 is 10.6 Å². The minimum absolute atomic E-state index is 0.0282. The third kappa shape index (κ3) is 4.85. The van der Waals surface area contributed by atoms with Gasteiger partial charge in [-0.05, 0) is 41.0 Å². The van der Waals surface area contributed by atoms with Gasteiger partial charge in [0.15, 0.2) is 0 Å². The number of benzene rings is 2. The Kier molecular flexibility index (Phi) is 6.93. The summed E-state index contributed by atoms with van der Waals surface area (Å²) in [7, 11) is 0. The zero-order chi connectivity index (χ0) is 23.4. The number of aliphatic carboxylic acids is 1. The van der Waals surface area contributed by atoms with Gasteiger partial charge >= 0.3 is 12.1 Å².